The molecule has 9 heteroatoms. The lowest BCUT2D eigenvalue weighted by molar-refractivity contribution is 0.0548. The molecule has 0 saturated heterocycles. The zero-order valence-corrected chi connectivity index (χ0v) is 20.4. The molecule has 0 spiro atoms. The first-order chi connectivity index (χ1) is 17.0. The molecule has 0 saturated carbocycles. The van der Waals surface area contributed by atoms with Gasteiger partial charge in [-0.05, 0) is 65.9 Å². The number of aromatic carboxylic acids is 1. The molecule has 2 N–H and O–H groups in total. The van der Waals surface area contributed by atoms with Crippen LogP contribution in [0.2, 0.25) is 0 Å². The maximum Gasteiger partial charge on any atom is 0.345 e. The minimum atomic E-state index is -0.944. The molecule has 1 atom stereocenters. The Morgan fingerprint density at radius 2 is 1.97 bits per heavy atom. The van der Waals surface area contributed by atoms with Gasteiger partial charge in [-0.3, -0.25) is 9.80 Å². The van der Waals surface area contributed by atoms with Crippen molar-refractivity contribution < 1.29 is 24.2 Å². The van der Waals surface area contributed by atoms with Crippen LogP contribution in [0.15, 0.2) is 71.0 Å². The van der Waals surface area contributed by atoms with Crippen LogP contribution in [-0.4, -0.2) is 50.6 Å². The van der Waals surface area contributed by atoms with Gasteiger partial charge >= 0.3 is 11.2 Å². The molecule has 3 aromatic rings. The van der Waals surface area contributed by atoms with Crippen molar-refractivity contribution in [1.82, 2.24) is 10.0 Å². The van der Waals surface area contributed by atoms with E-state index in [9.17, 15) is 14.7 Å². The number of amides is 1. The van der Waals surface area contributed by atoms with Gasteiger partial charge < -0.3 is 14.6 Å². The predicted molar refractivity (Wildman–Crippen MR) is 136 cm³/mol. The third-order valence-electron chi connectivity index (χ3n) is 5.33. The molecule has 0 aliphatic carbocycles. The fourth-order valence-electron chi connectivity index (χ4n) is 3.57. The van der Waals surface area contributed by atoms with E-state index in [2.05, 4.69) is 11.8 Å². The molecule has 7 nitrogen and oxygen atoms in total. The number of carboxylic acids is 1. The number of aliphatic hydroxyl groups is 1. The largest absolute Gasteiger partial charge is 0.477 e. The number of carbonyl (C=O) groups is 2. The van der Waals surface area contributed by atoms with Crippen molar-refractivity contribution in [3.63, 3.8) is 0 Å². The smallest absolute Gasteiger partial charge is 0.345 e. The summed E-state index contributed by atoms with van der Waals surface area (Å²) in [5, 5.41) is 24.9. The molecule has 1 amide bonds. The highest BCUT2D eigenvalue weighted by Gasteiger charge is 2.23. The van der Waals surface area contributed by atoms with E-state index in [0.29, 0.717) is 32.4 Å². The van der Waals surface area contributed by atoms with Gasteiger partial charge in [0.2, 0.25) is 0 Å². The van der Waals surface area contributed by atoms with Crippen molar-refractivity contribution >= 4 is 34.3 Å². The van der Waals surface area contributed by atoms with Crippen LogP contribution in [-0.2, 0) is 12.8 Å². The van der Waals surface area contributed by atoms with E-state index < -0.39 is 12.1 Å². The molecule has 0 bridgehead atoms. The lowest BCUT2D eigenvalue weighted by Gasteiger charge is -2.36. The standard InChI is InChI=1S/C26H24N2O5S2/c29-22(17-21-3-1-2-19(16-21)4-5-20-10-14-33-18-20)8-11-27-13-15-34-26(32)28(27)12-9-23-6-7-24(35-23)25(30)31/h1-3,6-7,10,13-16,18,22,29H,8-9,11-12,17H2,(H,30,31). The van der Waals surface area contributed by atoms with Crippen LogP contribution >= 0.6 is 23.1 Å². The zero-order valence-electron chi connectivity index (χ0n) is 18.8. The molecular formula is C26H24N2O5S2. The molecule has 1 aromatic carbocycles. The van der Waals surface area contributed by atoms with Crippen molar-refractivity contribution in [2.24, 2.45) is 0 Å². The van der Waals surface area contributed by atoms with Crippen LogP contribution < -0.4 is 0 Å². The highest BCUT2D eigenvalue weighted by Crippen LogP contribution is 2.23. The van der Waals surface area contributed by atoms with Crippen LogP contribution in [0.1, 0.15) is 37.7 Å². The Labute approximate surface area is 211 Å². The molecule has 0 radical (unpaired) electrons. The van der Waals surface area contributed by atoms with E-state index in [-0.39, 0.29) is 10.1 Å². The van der Waals surface area contributed by atoms with Gasteiger partial charge in [-0.2, -0.15) is 0 Å². The molecule has 1 aliphatic rings. The van der Waals surface area contributed by atoms with Crippen molar-refractivity contribution in [3.05, 3.63) is 93.0 Å². The first-order valence-electron chi connectivity index (χ1n) is 11.0. The summed E-state index contributed by atoms with van der Waals surface area (Å²) >= 11 is 2.33. The van der Waals surface area contributed by atoms with Crippen LogP contribution in [0.25, 0.3) is 0 Å². The number of hydrogen-bond donors (Lipinski definition) is 2. The molecular weight excluding hydrogens is 484 g/mol. The number of benzene rings is 1. The Hall–Kier alpha value is -3.45. The van der Waals surface area contributed by atoms with Gasteiger partial charge in [0.25, 0.3) is 0 Å². The summed E-state index contributed by atoms with van der Waals surface area (Å²) in [6.07, 6.45) is 5.95. The predicted octanol–water partition coefficient (Wildman–Crippen LogP) is 4.83. The van der Waals surface area contributed by atoms with Gasteiger partial charge in [0.05, 0.1) is 17.9 Å². The highest BCUT2D eigenvalue weighted by molar-refractivity contribution is 8.16. The van der Waals surface area contributed by atoms with Gasteiger partial charge in [-0.25, -0.2) is 9.80 Å². The molecule has 180 valence electrons. The monoisotopic (exact) mass is 508 g/mol. The van der Waals surface area contributed by atoms with Crippen LogP contribution in [0.5, 0.6) is 0 Å². The van der Waals surface area contributed by atoms with Gasteiger partial charge in [0.15, 0.2) is 0 Å². The number of thiophene rings is 1. The zero-order chi connectivity index (χ0) is 24.6. The van der Waals surface area contributed by atoms with E-state index in [1.165, 1.54) is 11.3 Å². The number of carbonyl (C=O) groups excluding carboxylic acids is 1. The highest BCUT2D eigenvalue weighted by atomic mass is 32.2. The minimum absolute atomic E-state index is 0.0964. The van der Waals surface area contributed by atoms with E-state index in [4.69, 9.17) is 9.52 Å². The average Bonchev–Trinajstić information content (AvgIpc) is 3.53. The summed E-state index contributed by atoms with van der Waals surface area (Å²) in [4.78, 5) is 24.8. The lowest BCUT2D eigenvalue weighted by Crippen LogP contribution is -2.45. The van der Waals surface area contributed by atoms with Crippen LogP contribution in [0, 0.1) is 11.8 Å². The fourth-order valence-corrected chi connectivity index (χ4v) is 5.05. The topological polar surface area (TPSA) is 94.2 Å². The number of furan rings is 1. The second kappa shape index (κ2) is 11.8. The number of aliphatic hydroxyl groups excluding tert-OH is 1. The summed E-state index contributed by atoms with van der Waals surface area (Å²) in [6.45, 7) is 0.915. The molecule has 1 aliphatic heterocycles. The third-order valence-corrected chi connectivity index (χ3v) is 7.13. The Morgan fingerprint density at radius 1 is 1.11 bits per heavy atom. The van der Waals surface area contributed by atoms with E-state index in [1.54, 1.807) is 41.1 Å². The molecule has 2 aromatic heterocycles. The Balaban J connectivity index is 1.31. The molecule has 4 rings (SSSR count). The summed E-state index contributed by atoms with van der Waals surface area (Å²) < 4.78 is 5.03. The van der Waals surface area contributed by atoms with Crippen molar-refractivity contribution in [2.75, 3.05) is 13.1 Å². The number of carboxylic acid groups (broad SMARTS) is 1. The van der Waals surface area contributed by atoms with Crippen molar-refractivity contribution in [2.45, 2.75) is 25.4 Å². The Morgan fingerprint density at radius 3 is 2.74 bits per heavy atom. The summed E-state index contributed by atoms with van der Waals surface area (Å²) in [5.74, 6) is 5.20. The normalized spacial score (nSPS) is 14.0. The second-order valence-electron chi connectivity index (χ2n) is 7.89. The van der Waals surface area contributed by atoms with Gasteiger partial charge in [-0.15, -0.1) is 11.3 Å². The molecule has 35 heavy (non-hydrogen) atoms. The van der Waals surface area contributed by atoms with Gasteiger partial charge in [0.1, 0.15) is 11.1 Å². The van der Waals surface area contributed by atoms with E-state index >= 15 is 0 Å². The molecule has 0 fully saturated rings. The Bertz CT molecular complexity index is 1260. The van der Waals surface area contributed by atoms with Crippen molar-refractivity contribution in [3.8, 4) is 11.8 Å². The van der Waals surface area contributed by atoms with Gasteiger partial charge in [-0.1, -0.05) is 24.0 Å². The summed E-state index contributed by atoms with van der Waals surface area (Å²) in [5.41, 5.74) is 2.66. The number of rotatable bonds is 9. The van der Waals surface area contributed by atoms with E-state index in [1.807, 2.05) is 35.5 Å². The Kier molecular flexibility index (Phi) is 8.32. The fraction of sp³-hybridized carbons (Fsp3) is 0.231. The summed E-state index contributed by atoms with van der Waals surface area (Å²) in [6, 6.07) is 13.0. The number of hydrazine groups is 1. The van der Waals surface area contributed by atoms with Crippen molar-refractivity contribution in [1.29, 1.82) is 0 Å². The number of nitrogens with zero attached hydrogens (tertiary/aromatic N) is 2. The lowest BCUT2D eigenvalue weighted by atomic mass is 10.0. The van der Waals surface area contributed by atoms with Gasteiger partial charge in [0, 0.05) is 36.2 Å². The number of hydrogen-bond acceptors (Lipinski definition) is 7. The molecule has 3 heterocycles. The first kappa shape index (κ1) is 24.7. The molecule has 1 unspecified atom stereocenters. The number of thioether (sulfide) groups is 1. The maximum atomic E-state index is 12.5. The SMILES string of the molecule is O=C(O)c1ccc(CCN2C(=O)SC=CN2CCC(O)Cc2cccc(C#Cc3ccoc3)c2)s1. The van der Waals surface area contributed by atoms with E-state index in [0.717, 1.165) is 33.3 Å². The van der Waals surface area contributed by atoms with Crippen LogP contribution in [0.4, 0.5) is 4.79 Å². The minimum Gasteiger partial charge on any atom is -0.477 e. The quantitative estimate of drug-likeness (QED) is 0.400. The summed E-state index contributed by atoms with van der Waals surface area (Å²) in [7, 11) is 0. The third kappa shape index (κ3) is 7.02. The second-order valence-corrected chi connectivity index (χ2v) is 9.91. The van der Waals surface area contributed by atoms with Crippen LogP contribution in [0.3, 0.4) is 0 Å². The maximum absolute atomic E-state index is 12.5. The first-order valence-corrected chi connectivity index (χ1v) is 12.7. The average molecular weight is 509 g/mol.